The van der Waals surface area contributed by atoms with Crippen molar-refractivity contribution in [3.63, 3.8) is 0 Å². The fourth-order valence-corrected chi connectivity index (χ4v) is 1.84. The Morgan fingerprint density at radius 2 is 1.85 bits per heavy atom. The summed E-state index contributed by atoms with van der Waals surface area (Å²) in [4.78, 5) is 3.67. The number of halogens is 4. The van der Waals surface area contributed by atoms with E-state index in [1.54, 1.807) is 13.8 Å². The summed E-state index contributed by atoms with van der Waals surface area (Å²) in [6.45, 7) is 3.89. The Morgan fingerprint density at radius 1 is 1.19 bits per heavy atom. The van der Waals surface area contributed by atoms with Crippen LogP contribution >= 0.6 is 0 Å². The molecule has 2 N–H and O–H groups in total. The molecule has 4 nitrogen and oxygen atoms in total. The number of hydrogen-bond donors (Lipinski definition) is 2. The summed E-state index contributed by atoms with van der Waals surface area (Å²) in [5.74, 6) is -0.458. The van der Waals surface area contributed by atoms with Crippen molar-refractivity contribution in [3.8, 4) is 11.3 Å². The second-order valence-electron chi connectivity index (χ2n) is 5.35. The number of pyridine rings is 1. The largest absolute Gasteiger partial charge is 0.417 e. The molecule has 0 spiro atoms. The molecule has 2 rings (SSSR count). The van der Waals surface area contributed by atoms with Gasteiger partial charge >= 0.3 is 6.18 Å². The third kappa shape index (κ3) is 9.93. The normalized spacial score (nSPS) is 13.0. The first-order valence-corrected chi connectivity index (χ1v) is 7.82. The molecule has 1 aromatic heterocycles. The van der Waals surface area contributed by atoms with Gasteiger partial charge in [-0.2, -0.15) is 13.2 Å². The Kier molecular flexibility index (Phi) is 11.5. The van der Waals surface area contributed by atoms with Crippen molar-refractivity contribution >= 4 is 0 Å². The number of nitrogens with zero attached hydrogens (tertiary/aromatic N) is 1. The fraction of sp³-hybridized carbons (Fsp3) is 0.389. The molecule has 0 bridgehead atoms. The summed E-state index contributed by atoms with van der Waals surface area (Å²) >= 11 is 0. The van der Waals surface area contributed by atoms with Crippen molar-refractivity contribution in [2.24, 2.45) is 0 Å². The van der Waals surface area contributed by atoms with E-state index in [4.69, 9.17) is 14.9 Å². The molecule has 0 fully saturated rings. The van der Waals surface area contributed by atoms with Crippen LogP contribution in [0.1, 0.15) is 25.8 Å². The molecular formula is C18H20F4IrNO3-. The monoisotopic (exact) mass is 567 g/mol. The van der Waals surface area contributed by atoms with Crippen LogP contribution in [0, 0.1) is 11.9 Å². The molecule has 0 aliphatic carbocycles. The minimum Gasteiger partial charge on any atom is -0.393 e. The molecule has 9 heteroatoms. The van der Waals surface area contributed by atoms with E-state index in [1.165, 1.54) is 18.2 Å². The standard InChI is InChI=1S/C12H6F4N.C6H14O3.Ir/c13-10-4-1-8(2-5-10)11-6-3-9(7-17-11)12(14,15)16;1-3-9-6(8)4-5(2)7;/h1,3-7H;5-8H,3-4H2,1-2H3;/q-1;;. The Balaban J connectivity index is 0.000000584. The van der Waals surface area contributed by atoms with E-state index in [0.717, 1.165) is 18.3 Å². The second kappa shape index (κ2) is 12.2. The molecule has 0 aliphatic rings. The van der Waals surface area contributed by atoms with Gasteiger partial charge in [-0.3, -0.25) is 4.39 Å². The molecule has 0 saturated carbocycles. The molecule has 1 aromatic carbocycles. The Hall–Kier alpha value is -1.38. The summed E-state index contributed by atoms with van der Waals surface area (Å²) < 4.78 is 54.2. The van der Waals surface area contributed by atoms with Crippen LogP contribution in [0.25, 0.3) is 11.3 Å². The maximum absolute atomic E-state index is 12.6. The van der Waals surface area contributed by atoms with E-state index in [9.17, 15) is 17.6 Å². The van der Waals surface area contributed by atoms with Gasteiger partial charge < -0.3 is 19.9 Å². The first kappa shape index (κ1) is 25.6. The van der Waals surface area contributed by atoms with Crippen molar-refractivity contribution in [1.82, 2.24) is 4.98 Å². The number of aliphatic hydroxyl groups excluding tert-OH is 2. The minimum atomic E-state index is -4.40. The second-order valence-corrected chi connectivity index (χ2v) is 5.35. The number of aromatic nitrogens is 1. The predicted octanol–water partition coefficient (Wildman–Crippen LogP) is 3.82. The van der Waals surface area contributed by atoms with Gasteiger partial charge in [0.1, 0.15) is 0 Å². The van der Waals surface area contributed by atoms with Gasteiger partial charge in [0.2, 0.25) is 0 Å². The van der Waals surface area contributed by atoms with E-state index in [0.29, 0.717) is 17.9 Å². The molecule has 2 aromatic rings. The topological polar surface area (TPSA) is 62.6 Å². The number of rotatable bonds is 5. The predicted molar refractivity (Wildman–Crippen MR) is 87.4 cm³/mol. The zero-order chi connectivity index (χ0) is 19.7. The van der Waals surface area contributed by atoms with Crippen LogP contribution in [0.15, 0.2) is 36.5 Å². The van der Waals surface area contributed by atoms with Gasteiger partial charge in [0.05, 0.1) is 11.7 Å². The zero-order valence-corrected chi connectivity index (χ0v) is 17.0. The van der Waals surface area contributed by atoms with Crippen LogP contribution < -0.4 is 0 Å². The van der Waals surface area contributed by atoms with Gasteiger partial charge in [-0.25, -0.2) is 0 Å². The average Bonchev–Trinajstić information content (AvgIpc) is 2.55. The summed E-state index contributed by atoms with van der Waals surface area (Å²) in [6, 6.07) is 8.46. The molecule has 0 amide bonds. The SMILES string of the molecule is CCOC(O)CC(C)O.Fc1c[c-]c(-c2ccc(C(F)(F)F)cn2)cc1.[Ir]. The van der Waals surface area contributed by atoms with Gasteiger partial charge in [0.15, 0.2) is 6.29 Å². The van der Waals surface area contributed by atoms with Crippen molar-refractivity contribution in [1.29, 1.82) is 0 Å². The van der Waals surface area contributed by atoms with Crippen molar-refractivity contribution in [2.75, 3.05) is 6.61 Å². The van der Waals surface area contributed by atoms with Crippen LogP contribution in [-0.4, -0.2) is 34.2 Å². The number of alkyl halides is 3. The smallest absolute Gasteiger partial charge is 0.393 e. The summed E-state index contributed by atoms with van der Waals surface area (Å²) in [5, 5.41) is 17.5. The van der Waals surface area contributed by atoms with E-state index in [-0.39, 0.29) is 26.5 Å². The molecule has 0 aliphatic heterocycles. The van der Waals surface area contributed by atoms with Crippen LogP contribution in [0.2, 0.25) is 0 Å². The molecule has 27 heavy (non-hydrogen) atoms. The Bertz CT molecular complexity index is 649. The van der Waals surface area contributed by atoms with Crippen molar-refractivity contribution < 1.29 is 52.6 Å². The van der Waals surface area contributed by atoms with E-state index in [1.807, 2.05) is 0 Å². The van der Waals surface area contributed by atoms with Crippen LogP contribution in [0.3, 0.4) is 0 Å². The first-order valence-electron chi connectivity index (χ1n) is 7.82. The first-order chi connectivity index (χ1) is 12.1. The Morgan fingerprint density at radius 3 is 2.26 bits per heavy atom. The molecule has 2 atom stereocenters. The summed E-state index contributed by atoms with van der Waals surface area (Å²) in [6.07, 6.45) is -4.68. The zero-order valence-electron chi connectivity index (χ0n) is 14.6. The summed E-state index contributed by atoms with van der Waals surface area (Å²) in [5.41, 5.74) is -0.0542. The molecule has 1 radical (unpaired) electrons. The van der Waals surface area contributed by atoms with Crippen LogP contribution in [-0.2, 0) is 31.0 Å². The number of hydrogen-bond acceptors (Lipinski definition) is 4. The van der Waals surface area contributed by atoms with Crippen molar-refractivity contribution in [3.05, 3.63) is 54.0 Å². The Labute approximate surface area is 168 Å². The third-order valence-electron chi connectivity index (χ3n) is 3.04. The number of aliphatic hydroxyl groups is 2. The minimum absolute atomic E-state index is 0. The molecule has 153 valence electrons. The maximum atomic E-state index is 12.6. The van der Waals surface area contributed by atoms with Crippen LogP contribution in [0.5, 0.6) is 0 Å². The van der Waals surface area contributed by atoms with Gasteiger partial charge in [-0.05, 0) is 19.5 Å². The quantitative estimate of drug-likeness (QED) is 0.328. The summed E-state index contributed by atoms with van der Waals surface area (Å²) in [7, 11) is 0. The van der Waals surface area contributed by atoms with Gasteiger partial charge in [0.25, 0.3) is 0 Å². The maximum Gasteiger partial charge on any atom is 0.417 e. The third-order valence-corrected chi connectivity index (χ3v) is 3.04. The van der Waals surface area contributed by atoms with E-state index >= 15 is 0 Å². The van der Waals surface area contributed by atoms with Gasteiger partial charge in [-0.15, -0.1) is 29.8 Å². The van der Waals surface area contributed by atoms with Crippen molar-refractivity contribution in [2.45, 2.75) is 38.8 Å². The molecule has 2 unspecified atom stereocenters. The van der Waals surface area contributed by atoms with Gasteiger partial charge in [-0.1, -0.05) is 12.1 Å². The molecular weight excluding hydrogens is 546 g/mol. The van der Waals surface area contributed by atoms with E-state index < -0.39 is 30.0 Å². The molecule has 0 saturated heterocycles. The van der Waals surface area contributed by atoms with Gasteiger partial charge in [0, 0.05) is 45.1 Å². The van der Waals surface area contributed by atoms with E-state index in [2.05, 4.69) is 11.1 Å². The van der Waals surface area contributed by atoms with Crippen LogP contribution in [0.4, 0.5) is 17.6 Å². The average molecular weight is 567 g/mol. The molecule has 1 heterocycles. The number of benzene rings is 1. The fourth-order valence-electron chi connectivity index (χ4n) is 1.84. The number of ether oxygens (including phenoxy) is 1.